The van der Waals surface area contributed by atoms with Crippen LogP contribution in [0.3, 0.4) is 0 Å². The molecule has 1 heterocycles. The summed E-state index contributed by atoms with van der Waals surface area (Å²) in [5.41, 5.74) is 0.793. The number of halogens is 1. The molecule has 2 aromatic carbocycles. The van der Waals surface area contributed by atoms with Crippen LogP contribution in [-0.4, -0.2) is 53.6 Å². The number of nitrogens with one attached hydrogen (secondary N) is 1. The van der Waals surface area contributed by atoms with Crippen molar-refractivity contribution in [3.05, 3.63) is 63.2 Å². The van der Waals surface area contributed by atoms with Gasteiger partial charge in [0.2, 0.25) is 0 Å². The zero-order valence-electron chi connectivity index (χ0n) is 18.1. The van der Waals surface area contributed by atoms with Crippen molar-refractivity contribution in [2.75, 3.05) is 36.4 Å². The Balaban J connectivity index is 1.59. The first-order valence-corrected chi connectivity index (χ1v) is 10.5. The number of hydrogen-bond donors (Lipinski definition) is 1. The summed E-state index contributed by atoms with van der Waals surface area (Å²) in [6.45, 7) is 7.96. The van der Waals surface area contributed by atoms with Crippen LogP contribution in [0.15, 0.2) is 42.5 Å². The molecule has 0 saturated carbocycles. The first-order valence-electron chi connectivity index (χ1n) is 10.1. The molecule has 1 saturated heterocycles. The number of amides is 2. The van der Waals surface area contributed by atoms with Crippen LogP contribution in [0.25, 0.3) is 0 Å². The molecule has 0 spiro atoms. The van der Waals surface area contributed by atoms with Gasteiger partial charge in [0.25, 0.3) is 11.6 Å². The molecule has 170 valence electrons. The van der Waals surface area contributed by atoms with Crippen molar-refractivity contribution >= 4 is 40.7 Å². The number of piperazine rings is 1. The number of rotatable bonds is 4. The van der Waals surface area contributed by atoms with E-state index in [0.29, 0.717) is 31.9 Å². The van der Waals surface area contributed by atoms with Crippen LogP contribution in [0.5, 0.6) is 0 Å². The minimum Gasteiger partial charge on any atom is -0.444 e. The maximum Gasteiger partial charge on any atom is 0.410 e. The minimum absolute atomic E-state index is 0.0307. The van der Waals surface area contributed by atoms with Crippen LogP contribution in [-0.2, 0) is 4.74 Å². The highest BCUT2D eigenvalue weighted by Gasteiger charge is 2.26. The normalized spacial score (nSPS) is 14.1. The Kier molecular flexibility index (Phi) is 6.88. The van der Waals surface area contributed by atoms with Crippen molar-refractivity contribution in [2.45, 2.75) is 26.4 Å². The van der Waals surface area contributed by atoms with Gasteiger partial charge in [-0.25, -0.2) is 4.79 Å². The number of hydrogen-bond acceptors (Lipinski definition) is 6. The van der Waals surface area contributed by atoms with Gasteiger partial charge < -0.3 is 19.9 Å². The summed E-state index contributed by atoms with van der Waals surface area (Å²) in [6.07, 6.45) is -0.310. The van der Waals surface area contributed by atoms with E-state index in [-0.39, 0.29) is 22.4 Å². The van der Waals surface area contributed by atoms with Crippen LogP contribution in [0, 0.1) is 10.1 Å². The van der Waals surface area contributed by atoms with Crippen molar-refractivity contribution in [1.29, 1.82) is 0 Å². The zero-order valence-corrected chi connectivity index (χ0v) is 18.9. The Morgan fingerprint density at radius 3 is 2.25 bits per heavy atom. The number of benzene rings is 2. The molecular weight excluding hydrogens is 436 g/mol. The molecule has 0 bridgehead atoms. The Morgan fingerprint density at radius 1 is 1.06 bits per heavy atom. The second-order valence-electron chi connectivity index (χ2n) is 8.38. The van der Waals surface area contributed by atoms with Gasteiger partial charge in [-0.15, -0.1) is 0 Å². The maximum absolute atomic E-state index is 12.5. The minimum atomic E-state index is -0.579. The summed E-state index contributed by atoms with van der Waals surface area (Å²) < 4.78 is 5.42. The molecule has 32 heavy (non-hydrogen) atoms. The molecule has 0 aliphatic carbocycles. The van der Waals surface area contributed by atoms with Gasteiger partial charge in [-0.05, 0) is 51.1 Å². The Labute approximate surface area is 191 Å². The number of non-ortho nitro benzene ring substituents is 1. The lowest BCUT2D eigenvalue weighted by Crippen LogP contribution is -2.50. The Morgan fingerprint density at radius 2 is 1.69 bits per heavy atom. The number of carbonyl (C=O) groups excluding carboxylic acids is 2. The highest BCUT2D eigenvalue weighted by molar-refractivity contribution is 6.34. The van der Waals surface area contributed by atoms with Crippen molar-refractivity contribution in [2.24, 2.45) is 0 Å². The van der Waals surface area contributed by atoms with E-state index in [1.807, 2.05) is 32.9 Å². The maximum atomic E-state index is 12.5. The molecule has 9 nitrogen and oxygen atoms in total. The molecule has 1 N–H and O–H groups in total. The molecule has 2 aromatic rings. The fourth-order valence-electron chi connectivity index (χ4n) is 3.23. The van der Waals surface area contributed by atoms with Gasteiger partial charge in [0, 0.05) is 49.7 Å². The number of anilines is 2. The second-order valence-corrected chi connectivity index (χ2v) is 8.78. The predicted molar refractivity (Wildman–Crippen MR) is 123 cm³/mol. The van der Waals surface area contributed by atoms with Gasteiger partial charge in [-0.3, -0.25) is 14.9 Å². The predicted octanol–water partition coefficient (Wildman–Crippen LogP) is 4.56. The summed E-state index contributed by atoms with van der Waals surface area (Å²) >= 11 is 6.03. The van der Waals surface area contributed by atoms with Crippen LogP contribution in [0.1, 0.15) is 31.1 Å². The average molecular weight is 461 g/mol. The van der Waals surface area contributed by atoms with Gasteiger partial charge in [-0.2, -0.15) is 0 Å². The van der Waals surface area contributed by atoms with E-state index >= 15 is 0 Å². The van der Waals surface area contributed by atoms with Gasteiger partial charge in [0.05, 0.1) is 15.5 Å². The van der Waals surface area contributed by atoms with E-state index in [1.165, 1.54) is 12.1 Å². The van der Waals surface area contributed by atoms with E-state index in [1.54, 1.807) is 17.0 Å². The third-order valence-electron chi connectivity index (χ3n) is 4.83. The molecule has 1 fully saturated rings. The number of ether oxygens (including phenoxy) is 1. The number of nitro groups is 1. The number of nitrogens with zero attached hydrogens (tertiary/aromatic N) is 3. The first-order chi connectivity index (χ1) is 15.0. The number of carbonyl (C=O) groups is 2. The van der Waals surface area contributed by atoms with Crippen molar-refractivity contribution in [3.63, 3.8) is 0 Å². The highest BCUT2D eigenvalue weighted by Crippen LogP contribution is 2.24. The quantitative estimate of drug-likeness (QED) is 0.529. The van der Waals surface area contributed by atoms with Gasteiger partial charge in [0.15, 0.2) is 0 Å². The molecule has 0 unspecified atom stereocenters. The molecule has 0 aromatic heterocycles. The summed E-state index contributed by atoms with van der Waals surface area (Å²) in [5.74, 6) is -0.530. The van der Waals surface area contributed by atoms with Gasteiger partial charge >= 0.3 is 6.09 Å². The SMILES string of the molecule is CC(C)(C)OC(=O)N1CCN(c2ccc(NC(=O)c3cc([N+](=O)[O-])ccc3Cl)cc2)CC1. The zero-order chi connectivity index (χ0) is 23.5. The smallest absolute Gasteiger partial charge is 0.410 e. The van der Waals surface area contributed by atoms with E-state index in [4.69, 9.17) is 16.3 Å². The lowest BCUT2D eigenvalue weighted by molar-refractivity contribution is -0.384. The largest absolute Gasteiger partial charge is 0.444 e. The summed E-state index contributed by atoms with van der Waals surface area (Å²) in [7, 11) is 0. The van der Waals surface area contributed by atoms with Crippen molar-refractivity contribution in [1.82, 2.24) is 4.90 Å². The Bertz CT molecular complexity index is 1010. The lowest BCUT2D eigenvalue weighted by atomic mass is 10.1. The number of nitro benzene ring substituents is 1. The molecular formula is C22H25ClN4O5. The van der Waals surface area contributed by atoms with Crippen LogP contribution in [0.4, 0.5) is 21.9 Å². The summed E-state index contributed by atoms with van der Waals surface area (Å²) in [6, 6.07) is 11.0. The van der Waals surface area contributed by atoms with Crippen molar-refractivity contribution in [3.8, 4) is 0 Å². The summed E-state index contributed by atoms with van der Waals surface area (Å²) in [4.78, 5) is 38.9. The third-order valence-corrected chi connectivity index (χ3v) is 5.16. The van der Waals surface area contributed by atoms with Gasteiger partial charge in [-0.1, -0.05) is 11.6 Å². The standard InChI is InChI=1S/C22H25ClN4O5/c1-22(2,3)32-21(29)26-12-10-25(11-13-26)16-6-4-15(5-7-16)24-20(28)18-14-17(27(30)31)8-9-19(18)23/h4-9,14H,10-13H2,1-3H3,(H,24,28). The molecule has 2 amide bonds. The third kappa shape index (κ3) is 5.88. The molecule has 10 heteroatoms. The topological polar surface area (TPSA) is 105 Å². The molecule has 0 atom stereocenters. The molecule has 1 aliphatic heterocycles. The van der Waals surface area contributed by atoms with Crippen LogP contribution >= 0.6 is 11.6 Å². The monoisotopic (exact) mass is 460 g/mol. The van der Waals surface area contributed by atoms with Crippen LogP contribution in [0.2, 0.25) is 5.02 Å². The highest BCUT2D eigenvalue weighted by atomic mass is 35.5. The van der Waals surface area contributed by atoms with E-state index in [2.05, 4.69) is 10.2 Å². The molecule has 1 aliphatic rings. The fourth-order valence-corrected chi connectivity index (χ4v) is 3.43. The fraction of sp³-hybridized carbons (Fsp3) is 0.364. The van der Waals surface area contributed by atoms with E-state index in [9.17, 15) is 19.7 Å². The molecule has 3 rings (SSSR count). The summed E-state index contributed by atoms with van der Waals surface area (Å²) in [5, 5.41) is 13.8. The van der Waals surface area contributed by atoms with Crippen LogP contribution < -0.4 is 10.2 Å². The Hall–Kier alpha value is -3.33. The lowest BCUT2D eigenvalue weighted by Gasteiger charge is -2.36. The average Bonchev–Trinajstić information content (AvgIpc) is 2.73. The van der Waals surface area contributed by atoms with E-state index in [0.717, 1.165) is 11.8 Å². The van der Waals surface area contributed by atoms with E-state index < -0.39 is 16.4 Å². The molecule has 0 radical (unpaired) electrons. The van der Waals surface area contributed by atoms with Crippen molar-refractivity contribution < 1.29 is 19.2 Å². The first kappa shape index (κ1) is 23.3. The van der Waals surface area contributed by atoms with Gasteiger partial charge in [0.1, 0.15) is 5.60 Å². The second kappa shape index (κ2) is 9.44.